The van der Waals surface area contributed by atoms with Gasteiger partial charge in [-0.2, -0.15) is 0 Å². The van der Waals surface area contributed by atoms with Crippen LogP contribution in [0.5, 0.6) is 5.88 Å². The fraction of sp³-hybridized carbons (Fsp3) is 0.385. The predicted octanol–water partition coefficient (Wildman–Crippen LogP) is 1.30. The van der Waals surface area contributed by atoms with Crippen LogP contribution in [0.15, 0.2) is 30.5 Å². The molecule has 1 N–H and O–H groups in total. The second-order valence-corrected chi connectivity index (χ2v) is 3.64. The molecule has 0 atom stereocenters. The van der Waals surface area contributed by atoms with Crippen LogP contribution in [0.3, 0.4) is 0 Å². The standard InChI is InChI=1S/C13H18N2O3/c1-4-18-13(16)10(2)7-14-8-11-5-6-12(17-3)15-9-11/h5-6,9,14H,2,4,7-8H2,1,3H3. The average Bonchev–Trinajstić information content (AvgIpc) is 2.39. The third-order valence-electron chi connectivity index (χ3n) is 2.24. The normalized spacial score (nSPS) is 9.89. The van der Waals surface area contributed by atoms with Crippen LogP contribution in [0, 0.1) is 0 Å². The molecule has 0 unspecified atom stereocenters. The largest absolute Gasteiger partial charge is 0.481 e. The quantitative estimate of drug-likeness (QED) is 0.584. The molecular weight excluding hydrogens is 232 g/mol. The Morgan fingerprint density at radius 1 is 1.50 bits per heavy atom. The van der Waals surface area contributed by atoms with Gasteiger partial charge < -0.3 is 14.8 Å². The van der Waals surface area contributed by atoms with E-state index in [1.54, 1.807) is 26.3 Å². The number of carbonyl (C=O) groups excluding carboxylic acids is 1. The van der Waals surface area contributed by atoms with Gasteiger partial charge in [-0.25, -0.2) is 9.78 Å². The second-order valence-electron chi connectivity index (χ2n) is 3.64. The van der Waals surface area contributed by atoms with Crippen LogP contribution in [0.2, 0.25) is 0 Å². The van der Waals surface area contributed by atoms with E-state index >= 15 is 0 Å². The van der Waals surface area contributed by atoms with Crippen molar-refractivity contribution in [1.82, 2.24) is 10.3 Å². The van der Waals surface area contributed by atoms with Gasteiger partial charge >= 0.3 is 5.97 Å². The van der Waals surface area contributed by atoms with E-state index in [0.29, 0.717) is 31.1 Å². The molecule has 1 heterocycles. The zero-order valence-corrected chi connectivity index (χ0v) is 10.7. The second kappa shape index (κ2) is 7.45. The number of pyridine rings is 1. The van der Waals surface area contributed by atoms with Crippen molar-refractivity contribution < 1.29 is 14.3 Å². The van der Waals surface area contributed by atoms with Crippen LogP contribution in [0.25, 0.3) is 0 Å². The van der Waals surface area contributed by atoms with Gasteiger partial charge in [0.2, 0.25) is 5.88 Å². The number of ether oxygens (including phenoxy) is 2. The summed E-state index contributed by atoms with van der Waals surface area (Å²) >= 11 is 0. The molecule has 0 aliphatic carbocycles. The Kier molecular flexibility index (Phi) is 5.87. The lowest BCUT2D eigenvalue weighted by atomic mass is 10.2. The molecule has 0 aliphatic rings. The lowest BCUT2D eigenvalue weighted by Gasteiger charge is -2.07. The lowest BCUT2D eigenvalue weighted by Crippen LogP contribution is -2.21. The molecule has 1 aromatic heterocycles. The Balaban J connectivity index is 2.32. The summed E-state index contributed by atoms with van der Waals surface area (Å²) < 4.78 is 9.79. The molecule has 1 aromatic rings. The van der Waals surface area contributed by atoms with E-state index in [9.17, 15) is 4.79 Å². The van der Waals surface area contributed by atoms with Gasteiger partial charge in [-0.3, -0.25) is 0 Å². The van der Waals surface area contributed by atoms with Gasteiger partial charge in [0.05, 0.1) is 13.7 Å². The molecule has 0 saturated carbocycles. The van der Waals surface area contributed by atoms with E-state index in [1.165, 1.54) is 0 Å². The highest BCUT2D eigenvalue weighted by Gasteiger charge is 2.06. The molecule has 5 heteroatoms. The Labute approximate surface area is 107 Å². The molecular formula is C13H18N2O3. The third kappa shape index (κ3) is 4.55. The minimum Gasteiger partial charge on any atom is -0.481 e. The van der Waals surface area contributed by atoms with Crippen LogP contribution in [0.1, 0.15) is 12.5 Å². The van der Waals surface area contributed by atoms with Gasteiger partial charge in [0, 0.05) is 30.9 Å². The summed E-state index contributed by atoms with van der Waals surface area (Å²) in [7, 11) is 1.57. The van der Waals surface area contributed by atoms with E-state index < -0.39 is 0 Å². The third-order valence-corrected chi connectivity index (χ3v) is 2.24. The van der Waals surface area contributed by atoms with E-state index in [1.807, 2.05) is 6.07 Å². The summed E-state index contributed by atoms with van der Waals surface area (Å²) in [6.07, 6.45) is 1.72. The van der Waals surface area contributed by atoms with Crippen LogP contribution < -0.4 is 10.1 Å². The first-order chi connectivity index (χ1) is 8.67. The molecule has 5 nitrogen and oxygen atoms in total. The topological polar surface area (TPSA) is 60.5 Å². The summed E-state index contributed by atoms with van der Waals surface area (Å²) in [6, 6.07) is 3.70. The number of nitrogens with zero attached hydrogens (tertiary/aromatic N) is 1. The molecule has 0 fully saturated rings. The van der Waals surface area contributed by atoms with Crippen molar-refractivity contribution in [3.63, 3.8) is 0 Å². The van der Waals surface area contributed by atoms with E-state index in [-0.39, 0.29) is 5.97 Å². The number of esters is 1. The Morgan fingerprint density at radius 3 is 2.83 bits per heavy atom. The highest BCUT2D eigenvalue weighted by Crippen LogP contribution is 2.06. The molecule has 0 bridgehead atoms. The Hall–Kier alpha value is -1.88. The number of hydrogen-bond acceptors (Lipinski definition) is 5. The molecule has 0 saturated heterocycles. The summed E-state index contributed by atoms with van der Waals surface area (Å²) in [4.78, 5) is 15.4. The van der Waals surface area contributed by atoms with Gasteiger partial charge in [-0.15, -0.1) is 0 Å². The summed E-state index contributed by atoms with van der Waals surface area (Å²) in [5, 5.41) is 3.10. The van der Waals surface area contributed by atoms with Crippen molar-refractivity contribution in [1.29, 1.82) is 0 Å². The van der Waals surface area contributed by atoms with Crippen LogP contribution >= 0.6 is 0 Å². The van der Waals surface area contributed by atoms with E-state index in [2.05, 4.69) is 16.9 Å². The first-order valence-corrected chi connectivity index (χ1v) is 5.72. The van der Waals surface area contributed by atoms with Crippen molar-refractivity contribution in [3.8, 4) is 5.88 Å². The van der Waals surface area contributed by atoms with Gasteiger partial charge in [0.1, 0.15) is 0 Å². The minimum atomic E-state index is -0.363. The van der Waals surface area contributed by atoms with Crippen LogP contribution in [-0.2, 0) is 16.1 Å². The molecule has 0 radical (unpaired) electrons. The Bertz CT molecular complexity index is 401. The predicted molar refractivity (Wildman–Crippen MR) is 68.3 cm³/mol. The van der Waals surface area contributed by atoms with Gasteiger partial charge in [-0.1, -0.05) is 12.6 Å². The van der Waals surface area contributed by atoms with Crippen molar-refractivity contribution in [2.45, 2.75) is 13.5 Å². The molecule has 0 aliphatic heterocycles. The first kappa shape index (κ1) is 14.2. The summed E-state index contributed by atoms with van der Waals surface area (Å²) in [5.41, 5.74) is 1.42. The van der Waals surface area contributed by atoms with Crippen LogP contribution in [0.4, 0.5) is 0 Å². The van der Waals surface area contributed by atoms with Gasteiger partial charge in [-0.05, 0) is 12.5 Å². The monoisotopic (exact) mass is 250 g/mol. The molecule has 0 amide bonds. The maximum atomic E-state index is 11.3. The van der Waals surface area contributed by atoms with E-state index in [4.69, 9.17) is 9.47 Å². The summed E-state index contributed by atoms with van der Waals surface area (Å²) in [6.45, 7) is 6.79. The molecule has 18 heavy (non-hydrogen) atoms. The van der Waals surface area contributed by atoms with Crippen molar-refractivity contribution in [2.24, 2.45) is 0 Å². The SMILES string of the molecule is C=C(CNCc1ccc(OC)nc1)C(=O)OCC. The molecule has 98 valence electrons. The fourth-order valence-electron chi connectivity index (χ4n) is 1.30. The minimum absolute atomic E-state index is 0.361. The highest BCUT2D eigenvalue weighted by molar-refractivity contribution is 5.88. The highest BCUT2D eigenvalue weighted by atomic mass is 16.5. The maximum absolute atomic E-state index is 11.3. The molecule has 0 spiro atoms. The van der Waals surface area contributed by atoms with Gasteiger partial charge in [0.25, 0.3) is 0 Å². The summed E-state index contributed by atoms with van der Waals surface area (Å²) in [5.74, 6) is 0.215. The fourth-order valence-corrected chi connectivity index (χ4v) is 1.30. The lowest BCUT2D eigenvalue weighted by molar-refractivity contribution is -0.138. The van der Waals surface area contributed by atoms with Gasteiger partial charge in [0.15, 0.2) is 0 Å². The van der Waals surface area contributed by atoms with E-state index in [0.717, 1.165) is 5.56 Å². The molecule has 1 rings (SSSR count). The average molecular weight is 250 g/mol. The number of rotatable bonds is 7. The first-order valence-electron chi connectivity index (χ1n) is 5.72. The molecule has 0 aromatic carbocycles. The van der Waals surface area contributed by atoms with Crippen molar-refractivity contribution in [2.75, 3.05) is 20.3 Å². The zero-order valence-electron chi connectivity index (χ0n) is 10.7. The maximum Gasteiger partial charge on any atom is 0.334 e. The zero-order chi connectivity index (χ0) is 13.4. The smallest absolute Gasteiger partial charge is 0.334 e. The van der Waals surface area contributed by atoms with Crippen LogP contribution in [-0.4, -0.2) is 31.2 Å². The number of methoxy groups -OCH3 is 1. The number of hydrogen-bond donors (Lipinski definition) is 1. The number of aromatic nitrogens is 1. The van der Waals surface area contributed by atoms with Crippen molar-refractivity contribution in [3.05, 3.63) is 36.0 Å². The number of carbonyl (C=O) groups is 1. The Morgan fingerprint density at radius 2 is 2.28 bits per heavy atom. The number of nitrogens with one attached hydrogen (secondary N) is 1. The van der Waals surface area contributed by atoms with Crippen molar-refractivity contribution >= 4 is 5.97 Å².